The highest BCUT2D eigenvalue weighted by Crippen LogP contribution is 2.32. The minimum Gasteiger partial charge on any atom is -0.493 e. The summed E-state index contributed by atoms with van der Waals surface area (Å²) in [6.45, 7) is 3.74. The number of carbonyl (C=O) groups excluding carboxylic acids is 1. The van der Waals surface area contributed by atoms with Gasteiger partial charge in [0.25, 0.3) is 5.91 Å². The van der Waals surface area contributed by atoms with Crippen molar-refractivity contribution in [3.8, 4) is 11.5 Å². The number of amides is 1. The average molecular weight is 359 g/mol. The number of rotatable bonds is 6. The molecule has 136 valence electrons. The molecule has 3 rings (SSSR count). The molecule has 26 heavy (non-hydrogen) atoms. The van der Waals surface area contributed by atoms with E-state index in [0.717, 1.165) is 11.6 Å². The quantitative estimate of drug-likeness (QED) is 0.739. The fourth-order valence-corrected chi connectivity index (χ4v) is 3.02. The molecule has 0 unspecified atom stereocenters. The van der Waals surface area contributed by atoms with Crippen molar-refractivity contribution in [1.82, 2.24) is 0 Å². The summed E-state index contributed by atoms with van der Waals surface area (Å²) in [5.74, 6) is -0.766. The SMILES string of the molecule is C=CCc1ccc(OCC(=O)N2CCc3c(F)cc(F)cc32)c(OC)c1. The van der Waals surface area contributed by atoms with E-state index in [-0.39, 0.29) is 18.2 Å². The van der Waals surface area contributed by atoms with Crippen molar-refractivity contribution in [3.05, 3.63) is 65.7 Å². The van der Waals surface area contributed by atoms with Crippen molar-refractivity contribution in [3.63, 3.8) is 0 Å². The Hall–Kier alpha value is -2.89. The number of allylic oxidation sites excluding steroid dienone is 1. The first-order valence-electron chi connectivity index (χ1n) is 8.22. The van der Waals surface area contributed by atoms with Gasteiger partial charge in [-0.15, -0.1) is 6.58 Å². The number of fused-ring (bicyclic) bond motifs is 1. The van der Waals surface area contributed by atoms with Gasteiger partial charge in [-0.3, -0.25) is 4.79 Å². The molecular formula is C20H19F2NO3. The number of nitrogens with zero attached hydrogens (tertiary/aromatic N) is 1. The van der Waals surface area contributed by atoms with Crippen LogP contribution in [0.2, 0.25) is 0 Å². The topological polar surface area (TPSA) is 38.8 Å². The number of hydrogen-bond acceptors (Lipinski definition) is 3. The van der Waals surface area contributed by atoms with Crippen LogP contribution in [-0.2, 0) is 17.6 Å². The van der Waals surface area contributed by atoms with Crippen LogP contribution in [0.3, 0.4) is 0 Å². The first-order chi connectivity index (χ1) is 12.5. The molecule has 0 N–H and O–H groups in total. The Morgan fingerprint density at radius 1 is 1.27 bits per heavy atom. The highest BCUT2D eigenvalue weighted by molar-refractivity contribution is 5.96. The van der Waals surface area contributed by atoms with E-state index >= 15 is 0 Å². The molecule has 0 saturated heterocycles. The summed E-state index contributed by atoms with van der Waals surface area (Å²) in [6.07, 6.45) is 2.83. The number of hydrogen-bond donors (Lipinski definition) is 0. The molecule has 1 aliphatic rings. The van der Waals surface area contributed by atoms with Crippen molar-refractivity contribution in [2.45, 2.75) is 12.8 Å². The third-order valence-electron chi connectivity index (χ3n) is 4.27. The molecular weight excluding hydrogens is 340 g/mol. The molecule has 0 radical (unpaired) electrons. The van der Waals surface area contributed by atoms with Crippen molar-refractivity contribution < 1.29 is 23.0 Å². The lowest BCUT2D eigenvalue weighted by molar-refractivity contribution is -0.120. The maximum atomic E-state index is 13.8. The average Bonchev–Trinajstić information content (AvgIpc) is 3.04. The van der Waals surface area contributed by atoms with Crippen LogP contribution < -0.4 is 14.4 Å². The zero-order chi connectivity index (χ0) is 18.7. The van der Waals surface area contributed by atoms with Gasteiger partial charge in [0.1, 0.15) is 11.6 Å². The molecule has 0 saturated carbocycles. The van der Waals surface area contributed by atoms with E-state index in [1.807, 2.05) is 12.1 Å². The van der Waals surface area contributed by atoms with E-state index in [1.54, 1.807) is 12.1 Å². The third kappa shape index (κ3) is 3.54. The van der Waals surface area contributed by atoms with Gasteiger partial charge in [0.05, 0.1) is 12.8 Å². The van der Waals surface area contributed by atoms with E-state index < -0.39 is 11.6 Å². The van der Waals surface area contributed by atoms with Gasteiger partial charge >= 0.3 is 0 Å². The smallest absolute Gasteiger partial charge is 0.264 e. The molecule has 1 heterocycles. The normalized spacial score (nSPS) is 12.7. The van der Waals surface area contributed by atoms with Gasteiger partial charge in [-0.2, -0.15) is 0 Å². The summed E-state index contributed by atoms with van der Waals surface area (Å²) in [4.78, 5) is 13.8. The minimum atomic E-state index is -0.707. The molecule has 4 nitrogen and oxygen atoms in total. The molecule has 2 aromatic rings. The zero-order valence-electron chi connectivity index (χ0n) is 14.4. The number of ether oxygens (including phenoxy) is 2. The van der Waals surface area contributed by atoms with Crippen LogP contribution >= 0.6 is 0 Å². The fourth-order valence-electron chi connectivity index (χ4n) is 3.02. The van der Waals surface area contributed by atoms with E-state index in [0.29, 0.717) is 36.4 Å². The van der Waals surface area contributed by atoms with Crippen LogP contribution in [0.5, 0.6) is 11.5 Å². The summed E-state index contributed by atoms with van der Waals surface area (Å²) in [5, 5.41) is 0. The molecule has 2 aromatic carbocycles. The second kappa shape index (κ2) is 7.56. The Morgan fingerprint density at radius 3 is 2.81 bits per heavy atom. The molecule has 0 atom stereocenters. The number of carbonyl (C=O) groups is 1. The first kappa shape index (κ1) is 17.9. The Bertz CT molecular complexity index is 851. The standard InChI is InChI=1S/C20H19F2NO3/c1-3-4-13-5-6-18(19(9-13)25-2)26-12-20(24)23-8-7-15-16(22)10-14(21)11-17(15)23/h3,5-6,9-11H,1,4,7-8,12H2,2H3. The van der Waals surface area contributed by atoms with Gasteiger partial charge in [-0.1, -0.05) is 12.1 Å². The van der Waals surface area contributed by atoms with Crippen LogP contribution in [0.25, 0.3) is 0 Å². The van der Waals surface area contributed by atoms with Gasteiger partial charge in [-0.25, -0.2) is 8.78 Å². The van der Waals surface area contributed by atoms with Gasteiger partial charge < -0.3 is 14.4 Å². The van der Waals surface area contributed by atoms with Crippen LogP contribution in [0.4, 0.5) is 14.5 Å². The molecule has 0 aliphatic carbocycles. The summed E-state index contributed by atoms with van der Waals surface area (Å²) in [5.41, 5.74) is 1.63. The van der Waals surface area contributed by atoms with Gasteiger partial charge in [0.2, 0.25) is 0 Å². The van der Waals surface area contributed by atoms with Gasteiger partial charge in [0.15, 0.2) is 18.1 Å². The lowest BCUT2D eigenvalue weighted by Crippen LogP contribution is -2.33. The zero-order valence-corrected chi connectivity index (χ0v) is 14.4. The number of anilines is 1. The monoisotopic (exact) mass is 359 g/mol. The highest BCUT2D eigenvalue weighted by Gasteiger charge is 2.28. The second-order valence-corrected chi connectivity index (χ2v) is 5.95. The molecule has 0 fully saturated rings. The maximum absolute atomic E-state index is 13.8. The number of benzene rings is 2. The Morgan fingerprint density at radius 2 is 2.08 bits per heavy atom. The number of methoxy groups -OCH3 is 1. The Labute approximate surface area is 150 Å². The molecule has 0 spiro atoms. The van der Waals surface area contributed by atoms with Crippen LogP contribution in [0.15, 0.2) is 43.0 Å². The summed E-state index contributed by atoms with van der Waals surface area (Å²) in [6, 6.07) is 7.41. The van der Waals surface area contributed by atoms with Crippen LogP contribution in [-0.4, -0.2) is 26.2 Å². The van der Waals surface area contributed by atoms with E-state index in [4.69, 9.17) is 9.47 Å². The highest BCUT2D eigenvalue weighted by atomic mass is 19.1. The third-order valence-corrected chi connectivity index (χ3v) is 4.27. The van der Waals surface area contributed by atoms with Gasteiger partial charge in [-0.05, 0) is 36.6 Å². The molecule has 0 aromatic heterocycles. The maximum Gasteiger partial charge on any atom is 0.264 e. The van der Waals surface area contributed by atoms with Crippen molar-refractivity contribution >= 4 is 11.6 Å². The lowest BCUT2D eigenvalue weighted by Gasteiger charge is -2.18. The largest absolute Gasteiger partial charge is 0.493 e. The summed E-state index contributed by atoms with van der Waals surface area (Å²) in [7, 11) is 1.52. The molecule has 1 aliphatic heterocycles. The molecule has 0 bridgehead atoms. The van der Waals surface area contributed by atoms with E-state index in [2.05, 4.69) is 6.58 Å². The van der Waals surface area contributed by atoms with Gasteiger partial charge in [0, 0.05) is 18.2 Å². The lowest BCUT2D eigenvalue weighted by atomic mass is 10.1. The second-order valence-electron chi connectivity index (χ2n) is 5.95. The first-order valence-corrected chi connectivity index (χ1v) is 8.22. The summed E-state index contributed by atoms with van der Waals surface area (Å²) >= 11 is 0. The number of halogens is 2. The molecule has 1 amide bonds. The minimum absolute atomic E-state index is 0.255. The van der Waals surface area contributed by atoms with E-state index in [9.17, 15) is 13.6 Å². The predicted octanol–water partition coefficient (Wildman–Crippen LogP) is 3.67. The van der Waals surface area contributed by atoms with Crippen molar-refractivity contribution in [2.75, 3.05) is 25.2 Å². The summed E-state index contributed by atoms with van der Waals surface area (Å²) < 4.78 is 38.2. The van der Waals surface area contributed by atoms with E-state index in [1.165, 1.54) is 18.1 Å². The fraction of sp³-hybridized carbons (Fsp3) is 0.250. The predicted molar refractivity (Wildman–Crippen MR) is 94.8 cm³/mol. The van der Waals surface area contributed by atoms with Crippen LogP contribution in [0, 0.1) is 11.6 Å². The molecule has 6 heteroatoms. The Balaban J connectivity index is 1.72. The van der Waals surface area contributed by atoms with Crippen molar-refractivity contribution in [2.24, 2.45) is 0 Å². The van der Waals surface area contributed by atoms with Crippen LogP contribution in [0.1, 0.15) is 11.1 Å². The Kier molecular flexibility index (Phi) is 5.21. The van der Waals surface area contributed by atoms with Crippen molar-refractivity contribution in [1.29, 1.82) is 0 Å².